The van der Waals surface area contributed by atoms with E-state index >= 15 is 0 Å². The fourth-order valence-electron chi connectivity index (χ4n) is 1.58. The summed E-state index contributed by atoms with van der Waals surface area (Å²) in [6, 6.07) is 3.68. The lowest BCUT2D eigenvalue weighted by Gasteiger charge is -2.24. The van der Waals surface area contributed by atoms with Crippen molar-refractivity contribution in [3.63, 3.8) is 0 Å². The van der Waals surface area contributed by atoms with E-state index in [1.54, 1.807) is 0 Å². The third-order valence-electron chi connectivity index (χ3n) is 2.56. The van der Waals surface area contributed by atoms with Crippen molar-refractivity contribution in [2.24, 2.45) is 11.7 Å². The summed E-state index contributed by atoms with van der Waals surface area (Å²) in [7, 11) is 0. The van der Waals surface area contributed by atoms with Gasteiger partial charge in [-0.3, -0.25) is 0 Å². The maximum atomic E-state index is 10.3. The zero-order valence-corrected chi connectivity index (χ0v) is 8.74. The Morgan fingerprint density at radius 2 is 2.31 bits per heavy atom. The molecule has 1 aromatic heterocycles. The van der Waals surface area contributed by atoms with E-state index in [0.29, 0.717) is 10.3 Å². The Morgan fingerprint density at radius 1 is 1.62 bits per heavy atom. The molecule has 2 rings (SSSR count). The third-order valence-corrected chi connectivity index (χ3v) is 3.96. The molecule has 0 spiro atoms. The van der Waals surface area contributed by atoms with Crippen LogP contribution in [0.4, 0.5) is 0 Å². The van der Waals surface area contributed by atoms with Gasteiger partial charge < -0.3 is 10.8 Å². The molecule has 1 unspecified atom stereocenters. The van der Waals surface area contributed by atoms with Gasteiger partial charge in [0.1, 0.15) is 5.60 Å². The smallest absolute Gasteiger partial charge is 0.114 e. The highest BCUT2D eigenvalue weighted by molar-refractivity contribution is 7.16. The maximum Gasteiger partial charge on any atom is 0.114 e. The summed E-state index contributed by atoms with van der Waals surface area (Å²) in [6.45, 7) is 0.286. The molecule has 0 radical (unpaired) electrons. The summed E-state index contributed by atoms with van der Waals surface area (Å²) >= 11 is 7.24. The summed E-state index contributed by atoms with van der Waals surface area (Å²) in [5.74, 6) is 0.340. The number of aliphatic hydroxyl groups is 1. The van der Waals surface area contributed by atoms with Crippen molar-refractivity contribution in [2.45, 2.75) is 18.4 Å². The highest BCUT2D eigenvalue weighted by Crippen LogP contribution is 2.47. The fraction of sp³-hybridized carbons (Fsp3) is 0.556. The molecule has 0 bridgehead atoms. The van der Waals surface area contributed by atoms with Crippen LogP contribution in [0, 0.1) is 5.92 Å². The second kappa shape index (κ2) is 3.24. The number of halogens is 1. The molecule has 72 valence electrons. The molecule has 1 aromatic rings. The van der Waals surface area contributed by atoms with Gasteiger partial charge in [0.2, 0.25) is 0 Å². The number of rotatable bonds is 3. The molecule has 0 aliphatic heterocycles. The van der Waals surface area contributed by atoms with E-state index in [0.717, 1.165) is 17.7 Å². The van der Waals surface area contributed by atoms with Gasteiger partial charge in [-0.2, -0.15) is 0 Å². The standard InChI is InChI=1S/C9H12ClNOS/c10-8-4-3-7(13-8)9(12,5-11)6-1-2-6/h3-4,6,12H,1-2,5,11H2. The lowest BCUT2D eigenvalue weighted by molar-refractivity contribution is 0.0259. The van der Waals surface area contributed by atoms with E-state index in [1.807, 2.05) is 12.1 Å². The Labute approximate surface area is 86.3 Å². The van der Waals surface area contributed by atoms with Crippen LogP contribution in [-0.4, -0.2) is 11.7 Å². The van der Waals surface area contributed by atoms with Crippen molar-refractivity contribution in [3.8, 4) is 0 Å². The van der Waals surface area contributed by atoms with Crippen molar-refractivity contribution >= 4 is 22.9 Å². The Balaban J connectivity index is 2.29. The lowest BCUT2D eigenvalue weighted by Crippen LogP contribution is -2.36. The molecule has 1 atom stereocenters. The Hall–Kier alpha value is -0.0900. The van der Waals surface area contributed by atoms with E-state index in [1.165, 1.54) is 11.3 Å². The molecular formula is C9H12ClNOS. The summed E-state index contributed by atoms with van der Waals surface area (Å²) in [6.07, 6.45) is 2.15. The summed E-state index contributed by atoms with van der Waals surface area (Å²) in [4.78, 5) is 0.905. The summed E-state index contributed by atoms with van der Waals surface area (Å²) in [5.41, 5.74) is 4.78. The minimum atomic E-state index is -0.822. The van der Waals surface area contributed by atoms with Crippen LogP contribution < -0.4 is 5.73 Å². The molecule has 0 saturated heterocycles. The predicted octanol–water partition coefficient (Wildman–Crippen LogP) is 1.96. The highest BCUT2D eigenvalue weighted by Gasteiger charge is 2.44. The second-order valence-corrected chi connectivity index (χ2v) is 5.22. The molecule has 3 N–H and O–H groups in total. The molecule has 2 nitrogen and oxygen atoms in total. The van der Waals surface area contributed by atoms with Crippen molar-refractivity contribution < 1.29 is 5.11 Å². The monoisotopic (exact) mass is 217 g/mol. The molecule has 0 amide bonds. The van der Waals surface area contributed by atoms with E-state index in [4.69, 9.17) is 17.3 Å². The SMILES string of the molecule is NCC(O)(c1ccc(Cl)s1)C1CC1. The van der Waals surface area contributed by atoms with Crippen LogP contribution in [-0.2, 0) is 5.60 Å². The van der Waals surface area contributed by atoms with E-state index in [9.17, 15) is 5.11 Å². The van der Waals surface area contributed by atoms with Crippen LogP contribution in [0.25, 0.3) is 0 Å². The van der Waals surface area contributed by atoms with Crippen LogP contribution in [0.1, 0.15) is 17.7 Å². The third kappa shape index (κ3) is 1.62. The van der Waals surface area contributed by atoms with Crippen LogP contribution >= 0.6 is 22.9 Å². The van der Waals surface area contributed by atoms with Crippen molar-refractivity contribution in [2.75, 3.05) is 6.54 Å². The van der Waals surface area contributed by atoms with E-state index < -0.39 is 5.60 Å². The first-order chi connectivity index (χ1) is 6.16. The number of nitrogens with two attached hydrogens (primary N) is 1. The van der Waals surface area contributed by atoms with Gasteiger partial charge >= 0.3 is 0 Å². The number of hydrogen-bond donors (Lipinski definition) is 2. The minimum absolute atomic E-state index is 0.286. The molecule has 1 aliphatic carbocycles. The lowest BCUT2D eigenvalue weighted by atomic mass is 9.96. The van der Waals surface area contributed by atoms with Gasteiger partial charge in [-0.25, -0.2) is 0 Å². The van der Waals surface area contributed by atoms with Gasteiger partial charge in [0.15, 0.2) is 0 Å². The summed E-state index contributed by atoms with van der Waals surface area (Å²) in [5, 5.41) is 10.3. The first kappa shape index (κ1) is 9.46. The number of hydrogen-bond acceptors (Lipinski definition) is 3. The zero-order valence-electron chi connectivity index (χ0n) is 7.16. The molecule has 1 heterocycles. The van der Waals surface area contributed by atoms with Gasteiger partial charge in [-0.05, 0) is 30.9 Å². The van der Waals surface area contributed by atoms with Crippen LogP contribution in [0.5, 0.6) is 0 Å². The molecule has 1 saturated carbocycles. The van der Waals surface area contributed by atoms with Gasteiger partial charge in [0.05, 0.1) is 4.34 Å². The average molecular weight is 218 g/mol. The molecule has 1 fully saturated rings. The Morgan fingerprint density at radius 3 is 2.69 bits per heavy atom. The van der Waals surface area contributed by atoms with Gasteiger partial charge in [-0.1, -0.05) is 11.6 Å². The average Bonchev–Trinajstić information content (AvgIpc) is 2.89. The fourth-order valence-corrected chi connectivity index (χ4v) is 2.80. The highest BCUT2D eigenvalue weighted by atomic mass is 35.5. The predicted molar refractivity (Wildman–Crippen MR) is 55.0 cm³/mol. The largest absolute Gasteiger partial charge is 0.383 e. The Bertz CT molecular complexity index is 310. The molecular weight excluding hydrogens is 206 g/mol. The van der Waals surface area contributed by atoms with Crippen molar-refractivity contribution in [3.05, 3.63) is 21.3 Å². The van der Waals surface area contributed by atoms with Gasteiger partial charge in [0, 0.05) is 11.4 Å². The van der Waals surface area contributed by atoms with Crippen LogP contribution in [0.3, 0.4) is 0 Å². The van der Waals surface area contributed by atoms with Crippen LogP contribution in [0.2, 0.25) is 4.34 Å². The quantitative estimate of drug-likeness (QED) is 0.813. The first-order valence-electron chi connectivity index (χ1n) is 4.35. The molecule has 4 heteroatoms. The summed E-state index contributed by atoms with van der Waals surface area (Å²) < 4.78 is 0.711. The van der Waals surface area contributed by atoms with Crippen LogP contribution in [0.15, 0.2) is 12.1 Å². The second-order valence-electron chi connectivity index (χ2n) is 3.51. The zero-order chi connectivity index (χ0) is 9.47. The normalized spacial score (nSPS) is 21.5. The van der Waals surface area contributed by atoms with Crippen molar-refractivity contribution in [1.82, 2.24) is 0 Å². The van der Waals surface area contributed by atoms with Crippen molar-refractivity contribution in [1.29, 1.82) is 0 Å². The topological polar surface area (TPSA) is 46.2 Å². The molecule has 1 aliphatic rings. The maximum absolute atomic E-state index is 10.3. The first-order valence-corrected chi connectivity index (χ1v) is 5.54. The van der Waals surface area contributed by atoms with E-state index in [2.05, 4.69) is 0 Å². The Kier molecular flexibility index (Phi) is 2.36. The van der Waals surface area contributed by atoms with Gasteiger partial charge in [-0.15, -0.1) is 11.3 Å². The van der Waals surface area contributed by atoms with Gasteiger partial charge in [0.25, 0.3) is 0 Å². The van der Waals surface area contributed by atoms with E-state index in [-0.39, 0.29) is 6.54 Å². The minimum Gasteiger partial charge on any atom is -0.383 e. The molecule has 13 heavy (non-hydrogen) atoms. The molecule has 0 aromatic carbocycles. The number of thiophene rings is 1.